The van der Waals surface area contributed by atoms with Crippen molar-refractivity contribution in [1.82, 2.24) is 10.2 Å². The molecule has 0 unspecified atom stereocenters. The number of aromatic nitrogens is 2. The number of benzene rings is 2. The third-order valence-electron chi connectivity index (χ3n) is 2.83. The second kappa shape index (κ2) is 3.52. The highest BCUT2D eigenvalue weighted by Crippen LogP contribution is 2.29. The van der Waals surface area contributed by atoms with E-state index in [1.54, 1.807) is 6.07 Å². The number of hydrogen-bond acceptors (Lipinski definition) is 3. The average molecular weight is 224 g/mol. The van der Waals surface area contributed by atoms with E-state index in [1.807, 2.05) is 36.4 Å². The number of nitrogens with one attached hydrogen (secondary N) is 1. The molecule has 0 spiro atoms. The molecule has 2 aromatic carbocycles. The number of H-pyrrole nitrogens is 1. The van der Waals surface area contributed by atoms with Gasteiger partial charge >= 0.3 is 0 Å². The van der Waals surface area contributed by atoms with Gasteiger partial charge in [-0.3, -0.25) is 5.10 Å². The van der Waals surface area contributed by atoms with Crippen LogP contribution in [0.1, 0.15) is 0 Å². The number of nitrogens with zero attached hydrogens (tertiary/aromatic N) is 1. The molecule has 17 heavy (non-hydrogen) atoms. The quantitative estimate of drug-likeness (QED) is 0.555. The second-order valence-corrected chi connectivity index (χ2v) is 3.96. The highest BCUT2D eigenvalue weighted by Gasteiger charge is 2.08. The Morgan fingerprint density at radius 2 is 1.76 bits per heavy atom. The zero-order chi connectivity index (χ0) is 11.8. The molecule has 0 amide bonds. The van der Waals surface area contributed by atoms with Crippen molar-refractivity contribution in [3.63, 3.8) is 0 Å². The van der Waals surface area contributed by atoms with Crippen molar-refractivity contribution >= 4 is 22.3 Å². The molecule has 0 fully saturated rings. The molecule has 0 aliphatic heterocycles. The van der Waals surface area contributed by atoms with Crippen LogP contribution in [0.3, 0.4) is 0 Å². The first-order chi connectivity index (χ1) is 8.25. The Balaban J connectivity index is 2.24. The fourth-order valence-electron chi connectivity index (χ4n) is 1.91. The minimum absolute atomic E-state index is 0.578. The Bertz CT molecular complexity index is 685. The van der Waals surface area contributed by atoms with Crippen molar-refractivity contribution in [2.45, 2.75) is 0 Å². The number of para-hydroxylation sites is 1. The van der Waals surface area contributed by atoms with Crippen LogP contribution < -0.4 is 11.5 Å². The summed E-state index contributed by atoms with van der Waals surface area (Å²) >= 11 is 0. The Labute approximate surface area is 98.2 Å². The summed E-state index contributed by atoms with van der Waals surface area (Å²) in [5, 5.41) is 8.39. The van der Waals surface area contributed by atoms with E-state index in [1.165, 1.54) is 0 Å². The summed E-state index contributed by atoms with van der Waals surface area (Å²) in [5.74, 6) is 0. The molecule has 0 aliphatic rings. The van der Waals surface area contributed by atoms with Crippen molar-refractivity contribution in [1.29, 1.82) is 0 Å². The predicted molar refractivity (Wildman–Crippen MR) is 70.4 cm³/mol. The van der Waals surface area contributed by atoms with E-state index in [9.17, 15) is 0 Å². The van der Waals surface area contributed by atoms with Crippen LogP contribution in [-0.2, 0) is 0 Å². The molecule has 0 saturated heterocycles. The van der Waals surface area contributed by atoms with Gasteiger partial charge in [-0.15, -0.1) is 0 Å². The van der Waals surface area contributed by atoms with Crippen LogP contribution in [0.4, 0.5) is 11.4 Å². The molecule has 4 nitrogen and oxygen atoms in total. The fourth-order valence-corrected chi connectivity index (χ4v) is 1.91. The van der Waals surface area contributed by atoms with Gasteiger partial charge in [0.05, 0.1) is 22.6 Å². The van der Waals surface area contributed by atoms with E-state index < -0.39 is 0 Å². The maximum atomic E-state index is 5.81. The van der Waals surface area contributed by atoms with Gasteiger partial charge in [0.25, 0.3) is 0 Å². The van der Waals surface area contributed by atoms with Crippen molar-refractivity contribution in [3.8, 4) is 11.3 Å². The molecule has 0 radical (unpaired) electrons. The van der Waals surface area contributed by atoms with E-state index in [0.717, 1.165) is 22.2 Å². The van der Waals surface area contributed by atoms with Crippen molar-refractivity contribution < 1.29 is 0 Å². The van der Waals surface area contributed by atoms with Crippen LogP contribution in [0.2, 0.25) is 0 Å². The van der Waals surface area contributed by atoms with Crippen LogP contribution in [0.25, 0.3) is 22.2 Å². The Morgan fingerprint density at radius 3 is 2.59 bits per heavy atom. The number of nitrogen functional groups attached to an aromatic ring is 2. The van der Waals surface area contributed by atoms with Gasteiger partial charge in [-0.25, -0.2) is 0 Å². The third-order valence-corrected chi connectivity index (χ3v) is 2.83. The van der Waals surface area contributed by atoms with Gasteiger partial charge in [-0.2, -0.15) is 5.10 Å². The van der Waals surface area contributed by atoms with E-state index in [0.29, 0.717) is 11.4 Å². The molecule has 1 aromatic heterocycles. The summed E-state index contributed by atoms with van der Waals surface area (Å²) < 4.78 is 0. The van der Waals surface area contributed by atoms with Crippen LogP contribution in [0.5, 0.6) is 0 Å². The molecule has 0 atom stereocenters. The molecule has 84 valence electrons. The topological polar surface area (TPSA) is 80.7 Å². The van der Waals surface area contributed by atoms with Gasteiger partial charge < -0.3 is 11.5 Å². The average Bonchev–Trinajstić information content (AvgIpc) is 2.76. The molecule has 0 saturated carbocycles. The molecule has 3 rings (SSSR count). The summed E-state index contributed by atoms with van der Waals surface area (Å²) in [4.78, 5) is 0. The maximum Gasteiger partial charge on any atom is 0.1000 e. The largest absolute Gasteiger partial charge is 0.397 e. The van der Waals surface area contributed by atoms with E-state index >= 15 is 0 Å². The minimum Gasteiger partial charge on any atom is -0.397 e. The van der Waals surface area contributed by atoms with E-state index in [-0.39, 0.29) is 0 Å². The molecule has 3 aromatic rings. The standard InChI is InChI=1S/C13H12N4/c14-10-6-5-8(7-11(10)15)13-9-3-1-2-4-12(9)16-17-13/h1-7H,14-15H2,(H,16,17). The number of nitrogens with two attached hydrogens (primary N) is 2. The number of anilines is 2. The molecular weight excluding hydrogens is 212 g/mol. The minimum atomic E-state index is 0.578. The SMILES string of the molecule is Nc1ccc(-c2n[nH]c3ccccc23)cc1N. The first-order valence-corrected chi connectivity index (χ1v) is 5.34. The number of fused-ring (bicyclic) bond motifs is 1. The monoisotopic (exact) mass is 224 g/mol. The van der Waals surface area contributed by atoms with Gasteiger partial charge in [-0.05, 0) is 18.2 Å². The van der Waals surface area contributed by atoms with Gasteiger partial charge in [0.15, 0.2) is 0 Å². The molecule has 4 heteroatoms. The van der Waals surface area contributed by atoms with E-state index in [2.05, 4.69) is 10.2 Å². The zero-order valence-corrected chi connectivity index (χ0v) is 9.14. The molecule has 0 aliphatic carbocycles. The molecule has 5 N–H and O–H groups in total. The number of rotatable bonds is 1. The van der Waals surface area contributed by atoms with E-state index in [4.69, 9.17) is 11.5 Å². The summed E-state index contributed by atoms with van der Waals surface area (Å²) in [6.45, 7) is 0. The van der Waals surface area contributed by atoms with Crippen molar-refractivity contribution in [2.24, 2.45) is 0 Å². The summed E-state index contributed by atoms with van der Waals surface area (Å²) in [6, 6.07) is 13.6. The lowest BCUT2D eigenvalue weighted by Gasteiger charge is -2.02. The summed E-state index contributed by atoms with van der Waals surface area (Å²) in [7, 11) is 0. The van der Waals surface area contributed by atoms with Crippen LogP contribution >= 0.6 is 0 Å². The number of hydrogen-bond donors (Lipinski definition) is 3. The van der Waals surface area contributed by atoms with Gasteiger partial charge in [0.1, 0.15) is 0 Å². The normalized spacial score (nSPS) is 10.8. The zero-order valence-electron chi connectivity index (χ0n) is 9.14. The second-order valence-electron chi connectivity index (χ2n) is 3.96. The Kier molecular flexibility index (Phi) is 2.01. The predicted octanol–water partition coefficient (Wildman–Crippen LogP) is 2.39. The highest BCUT2D eigenvalue weighted by molar-refractivity contribution is 5.93. The Morgan fingerprint density at radius 1 is 0.941 bits per heavy atom. The first kappa shape index (κ1) is 9.72. The van der Waals surface area contributed by atoms with Gasteiger partial charge in [-0.1, -0.05) is 24.3 Å². The van der Waals surface area contributed by atoms with Crippen LogP contribution in [0, 0.1) is 0 Å². The molecular formula is C13H12N4. The maximum absolute atomic E-state index is 5.81. The van der Waals surface area contributed by atoms with Gasteiger partial charge in [0.2, 0.25) is 0 Å². The number of aromatic amines is 1. The first-order valence-electron chi connectivity index (χ1n) is 5.34. The molecule has 1 heterocycles. The third kappa shape index (κ3) is 1.50. The Hall–Kier alpha value is -2.49. The highest BCUT2D eigenvalue weighted by atomic mass is 15.1. The smallest absolute Gasteiger partial charge is 0.1000 e. The lowest BCUT2D eigenvalue weighted by molar-refractivity contribution is 1.12. The lowest BCUT2D eigenvalue weighted by atomic mass is 10.1. The van der Waals surface area contributed by atoms with Gasteiger partial charge in [0, 0.05) is 10.9 Å². The van der Waals surface area contributed by atoms with Crippen LogP contribution in [0.15, 0.2) is 42.5 Å². The van der Waals surface area contributed by atoms with Crippen molar-refractivity contribution in [3.05, 3.63) is 42.5 Å². The molecule has 0 bridgehead atoms. The van der Waals surface area contributed by atoms with Crippen LogP contribution in [-0.4, -0.2) is 10.2 Å². The van der Waals surface area contributed by atoms with Crippen molar-refractivity contribution in [2.75, 3.05) is 11.5 Å². The lowest BCUT2D eigenvalue weighted by Crippen LogP contribution is -1.94. The summed E-state index contributed by atoms with van der Waals surface area (Å²) in [5.41, 5.74) is 15.6. The fraction of sp³-hybridized carbons (Fsp3) is 0. The summed E-state index contributed by atoms with van der Waals surface area (Å²) in [6.07, 6.45) is 0.